The maximum atomic E-state index is 11.1. The summed E-state index contributed by atoms with van der Waals surface area (Å²) in [4.78, 5) is 23.9. The maximum absolute atomic E-state index is 11.1. The van der Waals surface area contributed by atoms with Gasteiger partial charge in [0.25, 0.3) is 0 Å². The minimum atomic E-state index is -0.381. The Kier molecular flexibility index (Phi) is 7.49. The third-order valence-corrected chi connectivity index (χ3v) is 2.13. The Labute approximate surface area is 95.7 Å². The molecule has 1 unspecified atom stereocenters. The quantitative estimate of drug-likeness (QED) is 0.580. The molecule has 2 N–H and O–H groups in total. The third kappa shape index (κ3) is 6.36. The molecule has 0 radical (unpaired) electrons. The minimum absolute atomic E-state index is 0.0654. The van der Waals surface area contributed by atoms with Crippen LogP contribution in [0.5, 0.6) is 0 Å². The fraction of sp³-hybridized carbons (Fsp3) is 0.800. The molecule has 0 aromatic heterocycles. The first-order valence-corrected chi connectivity index (χ1v) is 5.09. The molecule has 0 aliphatic carbocycles. The van der Waals surface area contributed by atoms with Crippen LogP contribution in [0.3, 0.4) is 0 Å². The highest BCUT2D eigenvalue weighted by atomic mass is 16.5. The molecule has 0 rings (SSSR count). The van der Waals surface area contributed by atoms with Crippen molar-refractivity contribution >= 4 is 11.9 Å². The van der Waals surface area contributed by atoms with Crippen molar-refractivity contribution in [2.75, 3.05) is 40.4 Å². The van der Waals surface area contributed by atoms with Crippen LogP contribution >= 0.6 is 0 Å². The van der Waals surface area contributed by atoms with Crippen molar-refractivity contribution in [1.82, 2.24) is 4.90 Å². The molecule has 0 saturated heterocycles. The number of hydrogen-bond donors (Lipinski definition) is 1. The van der Waals surface area contributed by atoms with E-state index in [2.05, 4.69) is 9.47 Å². The summed E-state index contributed by atoms with van der Waals surface area (Å²) in [6.07, 6.45) is 0. The Hall–Kier alpha value is -1.14. The normalized spacial score (nSPS) is 12.3. The lowest BCUT2D eigenvalue weighted by molar-refractivity contribution is -0.145. The standard InChI is InChI=1S/C10H20N2O4/c1-8(4-11)5-12(6-9(13)15-2)7-10(14)16-3/h8H,4-7,11H2,1-3H3. The van der Waals surface area contributed by atoms with E-state index in [0.717, 1.165) is 0 Å². The Morgan fingerprint density at radius 3 is 1.94 bits per heavy atom. The number of carbonyl (C=O) groups is 2. The highest BCUT2D eigenvalue weighted by Gasteiger charge is 2.17. The fourth-order valence-corrected chi connectivity index (χ4v) is 1.19. The number of methoxy groups -OCH3 is 2. The Morgan fingerprint density at radius 2 is 1.62 bits per heavy atom. The number of hydrogen-bond acceptors (Lipinski definition) is 6. The largest absolute Gasteiger partial charge is 0.468 e. The van der Waals surface area contributed by atoms with Crippen molar-refractivity contribution in [2.24, 2.45) is 11.7 Å². The van der Waals surface area contributed by atoms with Crippen LogP contribution in [0.15, 0.2) is 0 Å². The molecule has 6 nitrogen and oxygen atoms in total. The predicted octanol–water partition coefficient (Wildman–Crippen LogP) is -0.771. The van der Waals surface area contributed by atoms with E-state index < -0.39 is 0 Å². The van der Waals surface area contributed by atoms with Gasteiger partial charge in [0.1, 0.15) is 0 Å². The molecule has 0 amide bonds. The number of rotatable bonds is 7. The molecule has 6 heteroatoms. The van der Waals surface area contributed by atoms with E-state index >= 15 is 0 Å². The number of nitrogens with two attached hydrogens (primary N) is 1. The van der Waals surface area contributed by atoms with Gasteiger partial charge in [-0.3, -0.25) is 14.5 Å². The average molecular weight is 232 g/mol. The lowest BCUT2D eigenvalue weighted by Gasteiger charge is -2.22. The average Bonchev–Trinajstić information content (AvgIpc) is 2.28. The van der Waals surface area contributed by atoms with E-state index in [1.165, 1.54) is 14.2 Å². The lowest BCUT2D eigenvalue weighted by Crippen LogP contribution is -2.39. The van der Waals surface area contributed by atoms with Gasteiger partial charge in [-0.05, 0) is 12.5 Å². The molecule has 0 aromatic carbocycles. The van der Waals surface area contributed by atoms with E-state index in [1.807, 2.05) is 6.92 Å². The summed E-state index contributed by atoms with van der Waals surface area (Å²) in [6.45, 7) is 3.13. The van der Waals surface area contributed by atoms with Crippen molar-refractivity contribution in [2.45, 2.75) is 6.92 Å². The molecule has 0 bridgehead atoms. The van der Waals surface area contributed by atoms with Crippen LogP contribution in [0.25, 0.3) is 0 Å². The van der Waals surface area contributed by atoms with Crippen LogP contribution in [-0.2, 0) is 19.1 Å². The first-order chi connectivity index (χ1) is 7.53. The highest BCUT2D eigenvalue weighted by molar-refractivity contribution is 5.74. The van der Waals surface area contributed by atoms with Gasteiger partial charge in [-0.2, -0.15) is 0 Å². The van der Waals surface area contributed by atoms with Crippen LogP contribution in [-0.4, -0.2) is 57.2 Å². The van der Waals surface area contributed by atoms with Crippen molar-refractivity contribution in [3.63, 3.8) is 0 Å². The van der Waals surface area contributed by atoms with Crippen LogP contribution in [0.2, 0.25) is 0 Å². The molecule has 0 saturated carbocycles. The van der Waals surface area contributed by atoms with Gasteiger partial charge in [0.05, 0.1) is 27.3 Å². The molecule has 0 heterocycles. The molecule has 1 atom stereocenters. The minimum Gasteiger partial charge on any atom is -0.468 e. The maximum Gasteiger partial charge on any atom is 0.319 e. The van der Waals surface area contributed by atoms with Gasteiger partial charge in [0.2, 0.25) is 0 Å². The van der Waals surface area contributed by atoms with Gasteiger partial charge in [-0.25, -0.2) is 0 Å². The summed E-state index contributed by atoms with van der Waals surface area (Å²) in [5.41, 5.74) is 5.49. The predicted molar refractivity (Wildman–Crippen MR) is 58.7 cm³/mol. The molecule has 94 valence electrons. The zero-order chi connectivity index (χ0) is 12.6. The molecule has 0 fully saturated rings. The monoisotopic (exact) mass is 232 g/mol. The van der Waals surface area contributed by atoms with Crippen LogP contribution in [0.1, 0.15) is 6.92 Å². The summed E-state index contributed by atoms with van der Waals surface area (Å²) in [5, 5.41) is 0. The highest BCUT2D eigenvalue weighted by Crippen LogP contribution is 1.99. The molecule has 16 heavy (non-hydrogen) atoms. The molecular formula is C10H20N2O4. The summed E-state index contributed by atoms with van der Waals surface area (Å²) < 4.78 is 9.09. The summed E-state index contributed by atoms with van der Waals surface area (Å²) in [5.74, 6) is -0.560. The summed E-state index contributed by atoms with van der Waals surface area (Å²) in [6, 6.07) is 0. The zero-order valence-corrected chi connectivity index (χ0v) is 10.1. The first-order valence-electron chi connectivity index (χ1n) is 5.09. The second kappa shape index (κ2) is 8.06. The van der Waals surface area contributed by atoms with Gasteiger partial charge in [-0.15, -0.1) is 0 Å². The smallest absolute Gasteiger partial charge is 0.319 e. The Balaban J connectivity index is 4.26. The number of carbonyl (C=O) groups excluding carboxylic acids is 2. The SMILES string of the molecule is COC(=O)CN(CC(=O)OC)CC(C)CN. The van der Waals surface area contributed by atoms with Gasteiger partial charge in [0, 0.05) is 6.54 Å². The third-order valence-electron chi connectivity index (χ3n) is 2.13. The molecule has 0 aromatic rings. The van der Waals surface area contributed by atoms with E-state index in [1.54, 1.807) is 4.90 Å². The fourth-order valence-electron chi connectivity index (χ4n) is 1.19. The van der Waals surface area contributed by atoms with Crippen molar-refractivity contribution in [3.05, 3.63) is 0 Å². The molecule has 0 spiro atoms. The van der Waals surface area contributed by atoms with Gasteiger partial charge >= 0.3 is 11.9 Å². The van der Waals surface area contributed by atoms with Crippen LogP contribution in [0.4, 0.5) is 0 Å². The van der Waals surface area contributed by atoms with Crippen LogP contribution < -0.4 is 5.73 Å². The topological polar surface area (TPSA) is 81.9 Å². The number of ether oxygens (including phenoxy) is 2. The van der Waals surface area contributed by atoms with E-state index in [0.29, 0.717) is 13.1 Å². The van der Waals surface area contributed by atoms with Crippen molar-refractivity contribution in [3.8, 4) is 0 Å². The van der Waals surface area contributed by atoms with Crippen molar-refractivity contribution in [1.29, 1.82) is 0 Å². The van der Waals surface area contributed by atoms with Gasteiger partial charge in [0.15, 0.2) is 0 Å². The van der Waals surface area contributed by atoms with E-state index in [-0.39, 0.29) is 30.9 Å². The van der Waals surface area contributed by atoms with Crippen LogP contribution in [0, 0.1) is 5.92 Å². The second-order valence-corrected chi connectivity index (χ2v) is 3.66. The van der Waals surface area contributed by atoms with Gasteiger partial charge < -0.3 is 15.2 Å². The number of esters is 2. The molecular weight excluding hydrogens is 212 g/mol. The summed E-state index contributed by atoms with van der Waals surface area (Å²) in [7, 11) is 2.62. The lowest BCUT2D eigenvalue weighted by atomic mass is 10.1. The van der Waals surface area contributed by atoms with Gasteiger partial charge in [-0.1, -0.05) is 6.92 Å². The molecule has 0 aliphatic rings. The Morgan fingerprint density at radius 1 is 1.19 bits per heavy atom. The number of nitrogens with zero attached hydrogens (tertiary/aromatic N) is 1. The van der Waals surface area contributed by atoms with E-state index in [4.69, 9.17) is 5.73 Å². The van der Waals surface area contributed by atoms with Crippen molar-refractivity contribution < 1.29 is 19.1 Å². The second-order valence-electron chi connectivity index (χ2n) is 3.66. The Bertz CT molecular complexity index is 215. The van der Waals surface area contributed by atoms with E-state index in [9.17, 15) is 9.59 Å². The summed E-state index contributed by atoms with van der Waals surface area (Å²) >= 11 is 0. The zero-order valence-electron chi connectivity index (χ0n) is 10.1. The molecule has 0 aliphatic heterocycles. The first kappa shape index (κ1) is 14.9.